The van der Waals surface area contributed by atoms with Crippen LogP contribution in [0, 0.1) is 13.8 Å². The quantitative estimate of drug-likeness (QED) is 0.260. The van der Waals surface area contributed by atoms with E-state index in [1.54, 1.807) is 7.05 Å². The zero-order chi connectivity index (χ0) is 17.5. The molecule has 24 heavy (non-hydrogen) atoms. The van der Waals surface area contributed by atoms with Crippen LogP contribution in [0.5, 0.6) is 0 Å². The number of guanidine groups is 1. The van der Waals surface area contributed by atoms with E-state index in [9.17, 15) is 8.42 Å². The molecule has 7 nitrogen and oxygen atoms in total. The lowest BCUT2D eigenvalue weighted by Crippen LogP contribution is -2.43. The smallest absolute Gasteiger partial charge is 0.191 e. The molecule has 0 fully saturated rings. The summed E-state index contributed by atoms with van der Waals surface area (Å²) in [6, 6.07) is 2.11. The van der Waals surface area contributed by atoms with Crippen molar-refractivity contribution in [1.82, 2.24) is 20.4 Å². The summed E-state index contributed by atoms with van der Waals surface area (Å²) in [5.74, 6) is 0.871. The van der Waals surface area contributed by atoms with Gasteiger partial charge in [0.05, 0.1) is 11.4 Å². The van der Waals surface area contributed by atoms with Crippen LogP contribution >= 0.6 is 24.0 Å². The van der Waals surface area contributed by atoms with E-state index in [1.807, 2.05) is 18.5 Å². The number of nitrogens with one attached hydrogen (secondary N) is 2. The van der Waals surface area contributed by atoms with Crippen LogP contribution in [-0.4, -0.2) is 55.8 Å². The second kappa shape index (κ2) is 10.9. The van der Waals surface area contributed by atoms with Crippen LogP contribution in [0.4, 0.5) is 0 Å². The Labute approximate surface area is 162 Å². The van der Waals surface area contributed by atoms with E-state index in [1.165, 1.54) is 11.9 Å². The van der Waals surface area contributed by atoms with Crippen molar-refractivity contribution in [2.75, 3.05) is 25.6 Å². The molecular weight excluding hydrogens is 441 g/mol. The van der Waals surface area contributed by atoms with Crippen molar-refractivity contribution in [3.05, 3.63) is 17.5 Å². The Balaban J connectivity index is 0.00000529. The Bertz CT molecular complexity index is 628. The predicted molar refractivity (Wildman–Crippen MR) is 110 cm³/mol. The Morgan fingerprint density at radius 3 is 2.58 bits per heavy atom. The zero-order valence-electron chi connectivity index (χ0n) is 15.2. The summed E-state index contributed by atoms with van der Waals surface area (Å²) >= 11 is 0. The van der Waals surface area contributed by atoms with E-state index in [4.69, 9.17) is 0 Å². The minimum atomic E-state index is -2.93. The normalized spacial score (nSPS) is 13.3. The summed E-state index contributed by atoms with van der Waals surface area (Å²) in [4.78, 5) is 4.16. The van der Waals surface area contributed by atoms with Gasteiger partial charge in [0.25, 0.3) is 0 Å². The lowest BCUT2D eigenvalue weighted by molar-refractivity contribution is 0.549. The molecule has 1 aromatic rings. The predicted octanol–water partition coefficient (Wildman–Crippen LogP) is 1.50. The summed E-state index contributed by atoms with van der Waals surface area (Å²) in [6.45, 7) is 7.63. The van der Waals surface area contributed by atoms with Crippen molar-refractivity contribution < 1.29 is 8.42 Å². The maximum Gasteiger partial charge on any atom is 0.191 e. The van der Waals surface area contributed by atoms with E-state index < -0.39 is 9.84 Å². The fourth-order valence-electron chi connectivity index (χ4n) is 2.23. The molecule has 0 aliphatic carbocycles. The maximum atomic E-state index is 11.2. The largest absolute Gasteiger partial charge is 0.356 e. The van der Waals surface area contributed by atoms with Gasteiger partial charge in [-0.25, -0.2) is 8.42 Å². The molecule has 140 valence electrons. The van der Waals surface area contributed by atoms with E-state index in [-0.39, 0.29) is 35.8 Å². The van der Waals surface area contributed by atoms with E-state index >= 15 is 0 Å². The summed E-state index contributed by atoms with van der Waals surface area (Å²) < 4.78 is 24.4. The molecule has 0 amide bonds. The first kappa shape index (κ1) is 23.2. The van der Waals surface area contributed by atoms with Crippen molar-refractivity contribution in [2.24, 2.45) is 4.99 Å². The van der Waals surface area contributed by atoms with Crippen LogP contribution in [0.3, 0.4) is 0 Å². The molecule has 0 saturated carbocycles. The Morgan fingerprint density at radius 2 is 2.08 bits per heavy atom. The van der Waals surface area contributed by atoms with Crippen molar-refractivity contribution in [3.63, 3.8) is 0 Å². The Morgan fingerprint density at radius 1 is 1.42 bits per heavy atom. The van der Waals surface area contributed by atoms with Crippen molar-refractivity contribution in [3.8, 4) is 0 Å². The first-order valence-electron chi connectivity index (χ1n) is 7.87. The Hall–Kier alpha value is -0.840. The third-order valence-electron chi connectivity index (χ3n) is 3.47. The molecule has 0 spiro atoms. The molecule has 0 saturated heterocycles. The van der Waals surface area contributed by atoms with Crippen LogP contribution in [0.15, 0.2) is 11.1 Å². The van der Waals surface area contributed by atoms with Gasteiger partial charge in [0.15, 0.2) is 5.96 Å². The molecular formula is C15H30IN5O2S. The third-order valence-corrected chi connectivity index (χ3v) is 4.45. The monoisotopic (exact) mass is 471 g/mol. The van der Waals surface area contributed by atoms with Gasteiger partial charge < -0.3 is 10.6 Å². The van der Waals surface area contributed by atoms with Gasteiger partial charge in [-0.05, 0) is 39.7 Å². The van der Waals surface area contributed by atoms with Gasteiger partial charge in [-0.15, -0.1) is 24.0 Å². The molecule has 0 aliphatic heterocycles. The Kier molecular flexibility index (Phi) is 10.5. The van der Waals surface area contributed by atoms with Gasteiger partial charge in [0, 0.05) is 38.1 Å². The third kappa shape index (κ3) is 9.45. The number of rotatable bonds is 8. The fourth-order valence-corrected chi connectivity index (χ4v) is 3.01. The number of aliphatic imine (C=N–C) groups is 1. The number of hydrogen-bond acceptors (Lipinski definition) is 4. The van der Waals surface area contributed by atoms with Crippen molar-refractivity contribution in [2.45, 2.75) is 46.2 Å². The highest BCUT2D eigenvalue weighted by Crippen LogP contribution is 2.02. The standard InChI is InChI=1S/C15H29N5O2S.HI/c1-12(7-10-23(5,21)22)18-15(16-4)17-8-6-9-20-14(3)11-13(2)19-20;/h11-12H,6-10H2,1-5H3,(H2,16,17,18);1H. The highest BCUT2D eigenvalue weighted by molar-refractivity contribution is 14.0. The molecule has 9 heteroatoms. The van der Waals surface area contributed by atoms with Crippen LogP contribution in [-0.2, 0) is 16.4 Å². The molecule has 1 atom stereocenters. The topological polar surface area (TPSA) is 88.4 Å². The van der Waals surface area contributed by atoms with Gasteiger partial charge in [-0.1, -0.05) is 0 Å². The van der Waals surface area contributed by atoms with E-state index in [2.05, 4.69) is 33.7 Å². The van der Waals surface area contributed by atoms with Crippen LogP contribution in [0.1, 0.15) is 31.2 Å². The lowest BCUT2D eigenvalue weighted by atomic mass is 10.3. The number of hydrogen-bond donors (Lipinski definition) is 2. The fraction of sp³-hybridized carbons (Fsp3) is 0.733. The van der Waals surface area contributed by atoms with Crippen LogP contribution in [0.25, 0.3) is 0 Å². The number of aryl methyl sites for hydroxylation is 3. The van der Waals surface area contributed by atoms with Gasteiger partial charge >= 0.3 is 0 Å². The maximum absolute atomic E-state index is 11.2. The second-order valence-electron chi connectivity index (χ2n) is 5.97. The minimum Gasteiger partial charge on any atom is -0.356 e. The molecule has 1 unspecified atom stereocenters. The number of nitrogens with zero attached hydrogens (tertiary/aromatic N) is 3. The van der Waals surface area contributed by atoms with Gasteiger partial charge in [0.2, 0.25) is 0 Å². The molecule has 1 aromatic heterocycles. The summed E-state index contributed by atoms with van der Waals surface area (Å²) in [7, 11) is -1.22. The van der Waals surface area contributed by atoms with Gasteiger partial charge in [0.1, 0.15) is 9.84 Å². The van der Waals surface area contributed by atoms with Crippen molar-refractivity contribution >= 4 is 39.8 Å². The summed E-state index contributed by atoms with van der Waals surface area (Å²) in [5, 5.41) is 10.9. The highest BCUT2D eigenvalue weighted by Gasteiger charge is 2.09. The minimum absolute atomic E-state index is 0. The molecule has 1 rings (SSSR count). The number of sulfone groups is 1. The average molecular weight is 471 g/mol. The highest BCUT2D eigenvalue weighted by atomic mass is 127. The first-order chi connectivity index (χ1) is 10.7. The SMILES string of the molecule is CN=C(NCCCn1nc(C)cc1C)NC(C)CCS(C)(=O)=O.I. The summed E-state index contributed by atoms with van der Waals surface area (Å²) in [5.41, 5.74) is 2.20. The first-order valence-corrected chi connectivity index (χ1v) is 9.93. The molecule has 0 aromatic carbocycles. The molecule has 0 radical (unpaired) electrons. The van der Waals surface area contributed by atoms with E-state index in [0.29, 0.717) is 12.4 Å². The molecule has 1 heterocycles. The zero-order valence-corrected chi connectivity index (χ0v) is 18.3. The molecule has 2 N–H and O–H groups in total. The van der Waals surface area contributed by atoms with Crippen molar-refractivity contribution in [1.29, 1.82) is 0 Å². The molecule has 0 aliphatic rings. The lowest BCUT2D eigenvalue weighted by Gasteiger charge is -2.17. The second-order valence-corrected chi connectivity index (χ2v) is 8.23. The van der Waals surface area contributed by atoms with Crippen LogP contribution in [0.2, 0.25) is 0 Å². The average Bonchev–Trinajstić information content (AvgIpc) is 2.77. The molecule has 0 bridgehead atoms. The van der Waals surface area contributed by atoms with E-state index in [0.717, 1.165) is 25.2 Å². The van der Waals surface area contributed by atoms with Gasteiger partial charge in [-0.3, -0.25) is 9.67 Å². The number of halogens is 1. The number of aromatic nitrogens is 2. The van der Waals surface area contributed by atoms with Crippen LogP contribution < -0.4 is 10.6 Å². The summed E-state index contributed by atoms with van der Waals surface area (Å²) in [6.07, 6.45) is 2.75. The van der Waals surface area contributed by atoms with Gasteiger partial charge in [-0.2, -0.15) is 5.10 Å².